The molecule has 0 saturated heterocycles. The molecule has 1 amide bonds. The largest absolute Gasteiger partial charge is 0.457 e. The van der Waals surface area contributed by atoms with Crippen molar-refractivity contribution in [3.8, 4) is 11.5 Å². The van der Waals surface area contributed by atoms with Crippen molar-refractivity contribution in [2.45, 2.75) is 6.92 Å². The number of nitrogens with two attached hydrogens (primary N) is 1. The third kappa shape index (κ3) is 4.08. The predicted octanol–water partition coefficient (Wildman–Crippen LogP) is 4.67. The maximum atomic E-state index is 12.5. The Balaban J connectivity index is 1.77. The van der Waals surface area contributed by atoms with E-state index in [4.69, 9.17) is 22.1 Å². The molecule has 3 N–H and O–H groups in total. The maximum Gasteiger partial charge on any atom is 0.259 e. The summed E-state index contributed by atoms with van der Waals surface area (Å²) >= 11 is 5.86. The van der Waals surface area contributed by atoms with E-state index < -0.39 is 0 Å². The molecule has 3 rings (SSSR count). The van der Waals surface area contributed by atoms with Crippen LogP contribution in [0.2, 0.25) is 5.02 Å². The molecule has 3 aromatic rings. The lowest BCUT2D eigenvalue weighted by Crippen LogP contribution is -2.16. The van der Waals surface area contributed by atoms with Crippen LogP contribution in [-0.4, -0.2) is 10.9 Å². The summed E-state index contributed by atoms with van der Waals surface area (Å²) in [4.78, 5) is 16.4. The van der Waals surface area contributed by atoms with E-state index >= 15 is 0 Å². The van der Waals surface area contributed by atoms with Crippen molar-refractivity contribution in [1.29, 1.82) is 0 Å². The van der Waals surface area contributed by atoms with Gasteiger partial charge >= 0.3 is 0 Å². The number of ether oxygens (including phenoxy) is 1. The highest BCUT2D eigenvalue weighted by Crippen LogP contribution is 2.26. The number of rotatable bonds is 4. The van der Waals surface area contributed by atoms with Gasteiger partial charge in [0.2, 0.25) is 0 Å². The first-order valence-corrected chi connectivity index (χ1v) is 7.96. The Morgan fingerprint density at radius 1 is 1.12 bits per heavy atom. The zero-order valence-electron chi connectivity index (χ0n) is 13.5. The number of anilines is 2. The molecule has 1 aromatic heterocycles. The van der Waals surface area contributed by atoms with E-state index in [9.17, 15) is 4.79 Å². The number of nitrogens with zero attached hydrogens (tertiary/aromatic N) is 1. The van der Waals surface area contributed by atoms with Crippen molar-refractivity contribution in [3.63, 3.8) is 0 Å². The van der Waals surface area contributed by atoms with Crippen molar-refractivity contribution >= 4 is 29.0 Å². The van der Waals surface area contributed by atoms with Crippen LogP contribution in [0, 0.1) is 6.92 Å². The van der Waals surface area contributed by atoms with Gasteiger partial charge in [-0.05, 0) is 55.0 Å². The van der Waals surface area contributed by atoms with E-state index in [2.05, 4.69) is 10.3 Å². The van der Waals surface area contributed by atoms with Crippen molar-refractivity contribution in [2.75, 3.05) is 11.1 Å². The van der Waals surface area contributed by atoms with Gasteiger partial charge in [0, 0.05) is 23.0 Å². The van der Waals surface area contributed by atoms with Crippen LogP contribution in [0.4, 0.5) is 11.5 Å². The first-order valence-electron chi connectivity index (χ1n) is 7.59. The van der Waals surface area contributed by atoms with Gasteiger partial charge in [-0.1, -0.05) is 17.7 Å². The number of hydrogen-bond donors (Lipinski definition) is 2. The average molecular weight is 354 g/mol. The third-order valence-corrected chi connectivity index (χ3v) is 3.81. The van der Waals surface area contributed by atoms with Gasteiger partial charge in [-0.3, -0.25) is 4.79 Å². The van der Waals surface area contributed by atoms with Crippen LogP contribution < -0.4 is 15.8 Å². The number of halogens is 1. The quantitative estimate of drug-likeness (QED) is 0.714. The molecule has 0 saturated carbocycles. The standard InChI is InChI=1S/C19H16ClN3O2/c1-12-9-10-22-18(21)17(12)19(24)23-14-3-2-4-16(11-14)25-15-7-5-13(20)6-8-15/h2-11H,1H3,(H2,21,22)(H,23,24). The summed E-state index contributed by atoms with van der Waals surface area (Å²) in [5.41, 5.74) is 7.54. The summed E-state index contributed by atoms with van der Waals surface area (Å²) < 4.78 is 5.76. The van der Waals surface area contributed by atoms with Gasteiger partial charge in [-0.15, -0.1) is 0 Å². The fourth-order valence-electron chi connectivity index (χ4n) is 2.34. The molecule has 0 aliphatic heterocycles. The molecule has 0 unspecified atom stereocenters. The summed E-state index contributed by atoms with van der Waals surface area (Å²) in [6.07, 6.45) is 1.57. The SMILES string of the molecule is Cc1ccnc(N)c1C(=O)Nc1cccc(Oc2ccc(Cl)cc2)c1. The summed E-state index contributed by atoms with van der Waals surface area (Å²) in [5, 5.41) is 3.45. The van der Waals surface area contributed by atoms with E-state index in [-0.39, 0.29) is 11.7 Å². The number of amides is 1. The van der Waals surface area contributed by atoms with Gasteiger partial charge in [-0.25, -0.2) is 4.98 Å². The van der Waals surface area contributed by atoms with Crippen LogP contribution in [-0.2, 0) is 0 Å². The minimum Gasteiger partial charge on any atom is -0.457 e. The molecule has 0 atom stereocenters. The molecule has 0 radical (unpaired) electrons. The van der Waals surface area contributed by atoms with Crippen LogP contribution in [0.15, 0.2) is 60.8 Å². The van der Waals surface area contributed by atoms with Gasteiger partial charge in [-0.2, -0.15) is 0 Å². The molecule has 25 heavy (non-hydrogen) atoms. The molecule has 0 spiro atoms. The minimum absolute atomic E-state index is 0.200. The Kier molecular flexibility index (Phi) is 4.86. The number of hydrogen-bond acceptors (Lipinski definition) is 4. The molecule has 0 aliphatic carbocycles. The first-order chi connectivity index (χ1) is 12.0. The highest BCUT2D eigenvalue weighted by atomic mass is 35.5. The molecule has 6 heteroatoms. The minimum atomic E-state index is -0.313. The summed E-state index contributed by atoms with van der Waals surface area (Å²) in [6, 6.07) is 15.9. The van der Waals surface area contributed by atoms with E-state index in [0.29, 0.717) is 27.8 Å². The Labute approximate surface area is 150 Å². The smallest absolute Gasteiger partial charge is 0.259 e. The molecular weight excluding hydrogens is 338 g/mol. The lowest BCUT2D eigenvalue weighted by Gasteiger charge is -2.11. The number of nitrogens with one attached hydrogen (secondary N) is 1. The number of carbonyl (C=O) groups excluding carboxylic acids is 1. The summed E-state index contributed by atoms with van der Waals surface area (Å²) in [5.74, 6) is 1.13. The molecule has 0 aliphatic rings. The normalized spacial score (nSPS) is 10.3. The van der Waals surface area contributed by atoms with Crippen LogP contribution in [0.3, 0.4) is 0 Å². The Hall–Kier alpha value is -3.05. The second-order valence-electron chi connectivity index (χ2n) is 5.43. The zero-order valence-corrected chi connectivity index (χ0v) is 14.2. The van der Waals surface area contributed by atoms with Gasteiger partial charge in [0.05, 0.1) is 5.56 Å². The van der Waals surface area contributed by atoms with Crippen LogP contribution in [0.5, 0.6) is 11.5 Å². The third-order valence-electron chi connectivity index (χ3n) is 3.56. The molecule has 126 valence electrons. The summed E-state index contributed by atoms with van der Waals surface area (Å²) in [6.45, 7) is 1.81. The van der Waals surface area contributed by atoms with Crippen molar-refractivity contribution in [3.05, 3.63) is 76.9 Å². The Morgan fingerprint density at radius 3 is 2.60 bits per heavy atom. The van der Waals surface area contributed by atoms with Crippen molar-refractivity contribution < 1.29 is 9.53 Å². The second-order valence-corrected chi connectivity index (χ2v) is 5.86. The number of carbonyl (C=O) groups is 1. The highest BCUT2D eigenvalue weighted by Gasteiger charge is 2.14. The van der Waals surface area contributed by atoms with E-state index in [1.165, 1.54) is 0 Å². The van der Waals surface area contributed by atoms with E-state index in [1.807, 2.05) is 6.92 Å². The van der Waals surface area contributed by atoms with Gasteiger partial charge < -0.3 is 15.8 Å². The van der Waals surface area contributed by atoms with Gasteiger partial charge in [0.1, 0.15) is 17.3 Å². The molecule has 0 fully saturated rings. The summed E-state index contributed by atoms with van der Waals surface area (Å²) in [7, 11) is 0. The second kappa shape index (κ2) is 7.23. The van der Waals surface area contributed by atoms with Crippen LogP contribution in [0.1, 0.15) is 15.9 Å². The highest BCUT2D eigenvalue weighted by molar-refractivity contribution is 6.30. The predicted molar refractivity (Wildman–Crippen MR) is 99.3 cm³/mol. The number of aromatic nitrogens is 1. The number of pyridine rings is 1. The molecular formula is C19H16ClN3O2. The average Bonchev–Trinajstić information content (AvgIpc) is 2.57. The fraction of sp³-hybridized carbons (Fsp3) is 0.0526. The molecule has 0 bridgehead atoms. The van der Waals surface area contributed by atoms with Crippen molar-refractivity contribution in [1.82, 2.24) is 4.98 Å². The van der Waals surface area contributed by atoms with E-state index in [0.717, 1.165) is 5.56 Å². The first kappa shape index (κ1) is 16.8. The number of benzene rings is 2. The van der Waals surface area contributed by atoms with Crippen molar-refractivity contribution in [2.24, 2.45) is 0 Å². The van der Waals surface area contributed by atoms with Gasteiger partial charge in [0.15, 0.2) is 0 Å². The van der Waals surface area contributed by atoms with Crippen LogP contribution >= 0.6 is 11.6 Å². The van der Waals surface area contributed by atoms with E-state index in [1.54, 1.807) is 60.8 Å². The monoisotopic (exact) mass is 353 g/mol. The fourth-order valence-corrected chi connectivity index (χ4v) is 2.47. The Bertz CT molecular complexity index is 891. The topological polar surface area (TPSA) is 77.2 Å². The number of nitrogen functional groups attached to an aromatic ring is 1. The maximum absolute atomic E-state index is 12.5. The van der Waals surface area contributed by atoms with Gasteiger partial charge in [0.25, 0.3) is 5.91 Å². The number of aryl methyl sites for hydroxylation is 1. The lowest BCUT2D eigenvalue weighted by molar-refractivity contribution is 0.102. The van der Waals surface area contributed by atoms with Crippen LogP contribution in [0.25, 0.3) is 0 Å². The molecule has 2 aromatic carbocycles. The lowest BCUT2D eigenvalue weighted by atomic mass is 10.1. The molecule has 5 nitrogen and oxygen atoms in total. The zero-order chi connectivity index (χ0) is 17.8. The Morgan fingerprint density at radius 2 is 1.88 bits per heavy atom. The molecule has 1 heterocycles.